The monoisotopic (exact) mass is 449 g/mol. The number of hydrogen-bond donors (Lipinski definition) is 2. The van der Waals surface area contributed by atoms with Gasteiger partial charge >= 0.3 is 0 Å². The van der Waals surface area contributed by atoms with Crippen molar-refractivity contribution in [2.75, 3.05) is 12.0 Å². The second kappa shape index (κ2) is 8.51. The molecule has 2 N–H and O–H groups in total. The number of Topliss-reactive ketones (excluding diaryl/α,β-unsaturated/α-hetero) is 1. The minimum Gasteiger partial charge on any atom is -0.504 e. The van der Waals surface area contributed by atoms with Gasteiger partial charge in [0.15, 0.2) is 17.3 Å². The van der Waals surface area contributed by atoms with Gasteiger partial charge in [0.2, 0.25) is 5.78 Å². The summed E-state index contributed by atoms with van der Waals surface area (Å²) in [5.41, 5.74) is 2.11. The fourth-order valence-electron chi connectivity index (χ4n) is 3.86. The number of aliphatic hydroxyl groups is 1. The van der Waals surface area contributed by atoms with E-state index in [0.29, 0.717) is 22.0 Å². The number of thiophene rings is 1. The summed E-state index contributed by atoms with van der Waals surface area (Å²) in [6, 6.07) is 14.6. The SMILES string of the molecule is COc1ccc(C2C(C(=O)c3cccs3)=C(O)C(=O)N2c2ccc(C(C)C)cc2)cc1O. The number of carbonyl (C=O) groups excluding carboxylic acids is 2. The molecule has 2 aromatic carbocycles. The Kier molecular flexibility index (Phi) is 5.76. The number of benzene rings is 2. The highest BCUT2D eigenvalue weighted by atomic mass is 32.1. The molecule has 0 fully saturated rings. The zero-order valence-electron chi connectivity index (χ0n) is 17.9. The van der Waals surface area contributed by atoms with Crippen molar-refractivity contribution in [2.24, 2.45) is 0 Å². The summed E-state index contributed by atoms with van der Waals surface area (Å²) in [4.78, 5) is 28.3. The second-order valence-corrected chi connectivity index (χ2v) is 8.77. The van der Waals surface area contributed by atoms with E-state index in [-0.39, 0.29) is 17.1 Å². The summed E-state index contributed by atoms with van der Waals surface area (Å²) in [6.45, 7) is 4.15. The second-order valence-electron chi connectivity index (χ2n) is 7.82. The predicted octanol–water partition coefficient (Wildman–Crippen LogP) is 5.37. The molecule has 1 amide bonds. The lowest BCUT2D eigenvalue weighted by Crippen LogP contribution is -2.31. The van der Waals surface area contributed by atoms with Crippen LogP contribution in [-0.4, -0.2) is 29.0 Å². The van der Waals surface area contributed by atoms with Crippen LogP contribution in [0.5, 0.6) is 11.5 Å². The van der Waals surface area contributed by atoms with Gasteiger partial charge in [0.25, 0.3) is 5.91 Å². The molecule has 32 heavy (non-hydrogen) atoms. The van der Waals surface area contributed by atoms with Crippen LogP contribution >= 0.6 is 11.3 Å². The van der Waals surface area contributed by atoms with Crippen LogP contribution in [0.15, 0.2) is 71.3 Å². The van der Waals surface area contributed by atoms with E-state index in [1.165, 1.54) is 29.4 Å². The molecule has 1 aliphatic rings. The number of carbonyl (C=O) groups is 2. The van der Waals surface area contributed by atoms with Crippen LogP contribution in [0.4, 0.5) is 5.69 Å². The van der Waals surface area contributed by atoms with Crippen LogP contribution in [0.1, 0.15) is 46.6 Å². The van der Waals surface area contributed by atoms with Crippen molar-refractivity contribution < 1.29 is 24.5 Å². The Morgan fingerprint density at radius 2 is 1.81 bits per heavy atom. The van der Waals surface area contributed by atoms with E-state index in [4.69, 9.17) is 4.74 Å². The lowest BCUT2D eigenvalue weighted by molar-refractivity contribution is -0.117. The van der Waals surface area contributed by atoms with E-state index >= 15 is 0 Å². The maximum absolute atomic E-state index is 13.3. The van der Waals surface area contributed by atoms with Gasteiger partial charge in [0.05, 0.1) is 23.6 Å². The Bertz CT molecular complexity index is 1200. The smallest absolute Gasteiger partial charge is 0.294 e. The third-order valence-corrected chi connectivity index (χ3v) is 6.42. The van der Waals surface area contributed by atoms with Crippen LogP contribution in [0, 0.1) is 0 Å². The van der Waals surface area contributed by atoms with E-state index in [2.05, 4.69) is 13.8 Å². The molecule has 0 bridgehead atoms. The van der Waals surface area contributed by atoms with Gasteiger partial charge in [-0.3, -0.25) is 14.5 Å². The Hall–Kier alpha value is -3.58. The zero-order chi connectivity index (χ0) is 23.0. The summed E-state index contributed by atoms with van der Waals surface area (Å²) in [5.74, 6) is -1.21. The van der Waals surface area contributed by atoms with E-state index in [1.54, 1.807) is 41.8 Å². The number of phenolic OH excluding ortho intramolecular Hbond substituents is 1. The number of aliphatic hydroxyl groups excluding tert-OH is 1. The quantitative estimate of drug-likeness (QED) is 0.494. The number of anilines is 1. The molecular weight excluding hydrogens is 426 g/mol. The molecule has 1 atom stereocenters. The molecule has 0 radical (unpaired) electrons. The Labute approximate surface area is 190 Å². The topological polar surface area (TPSA) is 87.1 Å². The number of aromatic hydroxyl groups is 1. The van der Waals surface area contributed by atoms with E-state index in [1.807, 2.05) is 12.1 Å². The molecule has 0 spiro atoms. The van der Waals surface area contributed by atoms with Crippen molar-refractivity contribution in [3.05, 3.63) is 87.3 Å². The average molecular weight is 450 g/mol. The minimum absolute atomic E-state index is 0.0186. The van der Waals surface area contributed by atoms with Crippen LogP contribution < -0.4 is 9.64 Å². The van der Waals surface area contributed by atoms with Crippen molar-refractivity contribution in [3.8, 4) is 11.5 Å². The first-order valence-electron chi connectivity index (χ1n) is 10.1. The molecule has 2 heterocycles. The van der Waals surface area contributed by atoms with E-state index in [9.17, 15) is 19.8 Å². The normalized spacial score (nSPS) is 16.2. The zero-order valence-corrected chi connectivity index (χ0v) is 18.7. The summed E-state index contributed by atoms with van der Waals surface area (Å²) >= 11 is 1.24. The number of amides is 1. The average Bonchev–Trinajstić information content (AvgIpc) is 3.41. The first-order valence-corrected chi connectivity index (χ1v) is 11.0. The molecule has 0 saturated heterocycles. The van der Waals surface area contributed by atoms with Crippen molar-refractivity contribution in [1.29, 1.82) is 0 Å². The number of methoxy groups -OCH3 is 1. The minimum atomic E-state index is -0.904. The van der Waals surface area contributed by atoms with Crippen LogP contribution in [0.25, 0.3) is 0 Å². The highest BCUT2D eigenvalue weighted by Gasteiger charge is 2.45. The first-order chi connectivity index (χ1) is 15.3. The van der Waals surface area contributed by atoms with Gasteiger partial charge in [-0.15, -0.1) is 11.3 Å². The van der Waals surface area contributed by atoms with Crippen LogP contribution in [-0.2, 0) is 4.79 Å². The van der Waals surface area contributed by atoms with Gasteiger partial charge in [0.1, 0.15) is 0 Å². The lowest BCUT2D eigenvalue weighted by atomic mass is 9.94. The lowest BCUT2D eigenvalue weighted by Gasteiger charge is -2.27. The molecule has 164 valence electrons. The summed E-state index contributed by atoms with van der Waals surface area (Å²) in [6.07, 6.45) is 0. The van der Waals surface area contributed by atoms with Gasteiger partial charge < -0.3 is 14.9 Å². The molecule has 1 unspecified atom stereocenters. The van der Waals surface area contributed by atoms with Crippen molar-refractivity contribution >= 4 is 28.7 Å². The van der Waals surface area contributed by atoms with Gasteiger partial charge in [-0.25, -0.2) is 0 Å². The van der Waals surface area contributed by atoms with Crippen molar-refractivity contribution in [1.82, 2.24) is 0 Å². The van der Waals surface area contributed by atoms with Gasteiger partial charge in [-0.05, 0) is 52.8 Å². The number of rotatable bonds is 6. The highest BCUT2D eigenvalue weighted by Crippen LogP contribution is 2.44. The van der Waals surface area contributed by atoms with Crippen molar-refractivity contribution in [3.63, 3.8) is 0 Å². The molecular formula is C25H23NO5S. The first kappa shape index (κ1) is 21.6. The number of ether oxygens (including phenoxy) is 1. The Balaban J connectivity index is 1.86. The van der Waals surface area contributed by atoms with Crippen LogP contribution in [0.2, 0.25) is 0 Å². The molecule has 4 rings (SSSR count). The largest absolute Gasteiger partial charge is 0.504 e. The fraction of sp³-hybridized carbons (Fsp3) is 0.200. The van der Waals surface area contributed by atoms with Gasteiger partial charge in [0, 0.05) is 5.69 Å². The third-order valence-electron chi connectivity index (χ3n) is 5.55. The Morgan fingerprint density at radius 1 is 1.09 bits per heavy atom. The number of hydrogen-bond acceptors (Lipinski definition) is 6. The summed E-state index contributed by atoms with van der Waals surface area (Å²) in [5, 5.41) is 22.9. The standard InChI is InChI=1S/C25H23NO5S/c1-14(2)15-6-9-17(10-7-15)26-22(16-8-11-19(31-3)18(27)13-16)21(24(29)25(26)30)23(28)20-5-4-12-32-20/h4-14,22,27,29H,1-3H3. The summed E-state index contributed by atoms with van der Waals surface area (Å²) in [7, 11) is 1.44. The number of nitrogens with zero attached hydrogens (tertiary/aromatic N) is 1. The van der Waals surface area contributed by atoms with Crippen LogP contribution in [0.3, 0.4) is 0 Å². The van der Waals surface area contributed by atoms with Gasteiger partial charge in [-0.2, -0.15) is 0 Å². The molecule has 7 heteroatoms. The molecule has 3 aromatic rings. The van der Waals surface area contributed by atoms with E-state index in [0.717, 1.165) is 5.56 Å². The maximum atomic E-state index is 13.3. The van der Waals surface area contributed by atoms with E-state index < -0.39 is 23.5 Å². The summed E-state index contributed by atoms with van der Waals surface area (Å²) < 4.78 is 5.13. The number of ketones is 1. The molecule has 6 nitrogen and oxygen atoms in total. The number of phenols is 1. The maximum Gasteiger partial charge on any atom is 0.294 e. The Morgan fingerprint density at radius 3 is 2.38 bits per heavy atom. The van der Waals surface area contributed by atoms with Crippen molar-refractivity contribution in [2.45, 2.75) is 25.8 Å². The molecule has 0 aliphatic carbocycles. The molecule has 1 aromatic heterocycles. The predicted molar refractivity (Wildman–Crippen MR) is 124 cm³/mol. The molecule has 1 aliphatic heterocycles. The van der Waals surface area contributed by atoms with Gasteiger partial charge in [-0.1, -0.05) is 38.1 Å². The molecule has 0 saturated carbocycles. The fourth-order valence-corrected chi connectivity index (χ4v) is 4.53. The third kappa shape index (κ3) is 3.65. The highest BCUT2D eigenvalue weighted by molar-refractivity contribution is 7.12.